The number of amides is 1. The van der Waals surface area contributed by atoms with E-state index in [1.165, 1.54) is 0 Å². The summed E-state index contributed by atoms with van der Waals surface area (Å²) >= 11 is 6.04. The van der Waals surface area contributed by atoms with Crippen molar-refractivity contribution in [3.63, 3.8) is 0 Å². The molecular weight excluding hydrogens is 464 g/mol. The Bertz CT molecular complexity index is 1270. The number of nitrogens with zero attached hydrogens (tertiary/aromatic N) is 3. The lowest BCUT2D eigenvalue weighted by atomic mass is 9.86. The zero-order valence-corrected chi connectivity index (χ0v) is 19.6. The van der Waals surface area contributed by atoms with Crippen LogP contribution in [0.3, 0.4) is 0 Å². The average Bonchev–Trinajstić information content (AvgIpc) is 3.23. The van der Waals surface area contributed by atoms with Gasteiger partial charge in [0.2, 0.25) is 0 Å². The van der Waals surface area contributed by atoms with Crippen LogP contribution in [0.1, 0.15) is 47.8 Å². The van der Waals surface area contributed by atoms with Crippen LogP contribution in [0.5, 0.6) is 0 Å². The molecule has 0 atom stereocenters. The van der Waals surface area contributed by atoms with Gasteiger partial charge in [-0.1, -0.05) is 11.6 Å². The number of aromatic nitrogens is 2. The molecule has 174 valence electrons. The van der Waals surface area contributed by atoms with Crippen LogP contribution in [-0.2, 0) is 9.84 Å². The van der Waals surface area contributed by atoms with E-state index in [0.717, 1.165) is 42.7 Å². The maximum Gasteiger partial charge on any atom is 0.251 e. The molecule has 5 rings (SSSR count). The maximum atomic E-state index is 12.9. The predicted molar refractivity (Wildman–Crippen MR) is 127 cm³/mol. The second kappa shape index (κ2) is 8.95. The van der Waals surface area contributed by atoms with E-state index in [-0.39, 0.29) is 29.4 Å². The van der Waals surface area contributed by atoms with Gasteiger partial charge in [0.15, 0.2) is 21.3 Å². The molecule has 0 bridgehead atoms. The van der Waals surface area contributed by atoms with Gasteiger partial charge in [0.1, 0.15) is 11.3 Å². The van der Waals surface area contributed by atoms with Crippen LogP contribution in [0.25, 0.3) is 11.1 Å². The van der Waals surface area contributed by atoms with E-state index < -0.39 is 9.84 Å². The molecule has 2 aromatic heterocycles. The van der Waals surface area contributed by atoms with E-state index >= 15 is 0 Å². The van der Waals surface area contributed by atoms with E-state index in [1.54, 1.807) is 24.4 Å². The zero-order chi connectivity index (χ0) is 23.0. The van der Waals surface area contributed by atoms with Gasteiger partial charge in [0.25, 0.3) is 5.91 Å². The summed E-state index contributed by atoms with van der Waals surface area (Å²) < 4.78 is 29.3. The van der Waals surface area contributed by atoms with Crippen molar-refractivity contribution in [2.45, 2.75) is 37.6 Å². The Hall–Kier alpha value is -2.65. The fourth-order valence-electron chi connectivity index (χ4n) is 4.52. The minimum atomic E-state index is -2.97. The maximum absolute atomic E-state index is 12.9. The number of anilines is 1. The van der Waals surface area contributed by atoms with E-state index in [9.17, 15) is 13.2 Å². The van der Waals surface area contributed by atoms with Crippen LogP contribution in [0.15, 0.2) is 40.9 Å². The number of oxazole rings is 1. The van der Waals surface area contributed by atoms with Gasteiger partial charge in [-0.15, -0.1) is 0 Å². The lowest BCUT2D eigenvalue weighted by molar-refractivity contribution is 0.0925. The first-order chi connectivity index (χ1) is 15.9. The van der Waals surface area contributed by atoms with Crippen molar-refractivity contribution in [1.29, 1.82) is 0 Å². The molecule has 0 unspecified atom stereocenters. The van der Waals surface area contributed by atoms with Crippen molar-refractivity contribution in [2.24, 2.45) is 0 Å². The summed E-state index contributed by atoms with van der Waals surface area (Å²) in [5, 5.41) is 3.77. The van der Waals surface area contributed by atoms with E-state index in [4.69, 9.17) is 16.0 Å². The number of pyridine rings is 1. The molecule has 10 heteroatoms. The fourth-order valence-corrected chi connectivity index (χ4v) is 5.89. The van der Waals surface area contributed by atoms with Gasteiger partial charge in [-0.2, -0.15) is 0 Å². The molecule has 3 heterocycles. The number of hydrogen-bond donors (Lipinski definition) is 1. The smallest absolute Gasteiger partial charge is 0.251 e. The molecule has 1 N–H and O–H groups in total. The summed E-state index contributed by atoms with van der Waals surface area (Å²) in [6.07, 6.45) is 5.06. The Labute approximate surface area is 197 Å². The average molecular weight is 489 g/mol. The highest BCUT2D eigenvalue weighted by atomic mass is 35.5. The SMILES string of the molecule is O=C(NC1CCC(c2nc3cc(Cl)ccc3o2)CC1)c1ccnc(N2CCS(=O)(=O)CC2)c1. The van der Waals surface area contributed by atoms with Crippen LogP contribution in [0.2, 0.25) is 5.02 Å². The summed E-state index contributed by atoms with van der Waals surface area (Å²) in [4.78, 5) is 23.7. The molecule has 3 aromatic rings. The van der Waals surface area contributed by atoms with Gasteiger partial charge >= 0.3 is 0 Å². The molecule has 2 aliphatic rings. The Morgan fingerprint density at radius 2 is 1.85 bits per heavy atom. The monoisotopic (exact) mass is 488 g/mol. The van der Waals surface area contributed by atoms with Crippen LogP contribution >= 0.6 is 11.6 Å². The molecule has 1 saturated heterocycles. The van der Waals surface area contributed by atoms with Gasteiger partial charge in [-0.25, -0.2) is 18.4 Å². The standard InChI is InChI=1S/C23H25ClN4O4S/c24-17-3-6-20-19(14-17)27-23(32-20)15-1-4-18(5-2-15)26-22(29)16-7-8-25-21(13-16)28-9-11-33(30,31)12-10-28/h3,6-8,13-15,18H,1-2,4-5,9-12H2,(H,26,29). The summed E-state index contributed by atoms with van der Waals surface area (Å²) in [6, 6.07) is 8.96. The largest absolute Gasteiger partial charge is 0.440 e. The quantitative estimate of drug-likeness (QED) is 0.598. The minimum absolute atomic E-state index is 0.0873. The first-order valence-electron chi connectivity index (χ1n) is 11.1. The number of halogens is 1. The third kappa shape index (κ3) is 4.99. The van der Waals surface area contributed by atoms with Crippen LogP contribution in [0, 0.1) is 0 Å². The molecule has 0 radical (unpaired) electrons. The lowest BCUT2D eigenvalue weighted by Crippen LogP contribution is -2.41. The minimum Gasteiger partial charge on any atom is -0.440 e. The number of nitrogens with one attached hydrogen (secondary N) is 1. The normalized spacial score (nSPS) is 22.9. The highest BCUT2D eigenvalue weighted by Crippen LogP contribution is 2.34. The Kier molecular flexibility index (Phi) is 6.01. The van der Waals surface area contributed by atoms with Crippen LogP contribution < -0.4 is 10.2 Å². The second-order valence-electron chi connectivity index (χ2n) is 8.73. The fraction of sp³-hybridized carbons (Fsp3) is 0.435. The summed E-state index contributed by atoms with van der Waals surface area (Å²) in [5.74, 6) is 1.69. The van der Waals surface area contributed by atoms with Crippen molar-refractivity contribution >= 4 is 44.3 Å². The number of hydrogen-bond acceptors (Lipinski definition) is 7. The molecule has 1 aliphatic carbocycles. The number of sulfone groups is 1. The van der Waals surface area contributed by atoms with Gasteiger partial charge in [0.05, 0.1) is 11.5 Å². The third-order valence-electron chi connectivity index (χ3n) is 6.45. The van der Waals surface area contributed by atoms with Crippen LogP contribution in [-0.4, -0.2) is 54.9 Å². The van der Waals surface area contributed by atoms with Gasteiger partial charge < -0.3 is 14.6 Å². The van der Waals surface area contributed by atoms with E-state index in [0.29, 0.717) is 29.5 Å². The number of fused-ring (bicyclic) bond motifs is 1. The van der Waals surface area contributed by atoms with Gasteiger partial charge in [-0.3, -0.25) is 4.79 Å². The highest BCUT2D eigenvalue weighted by Gasteiger charge is 2.28. The third-order valence-corrected chi connectivity index (χ3v) is 8.30. The summed E-state index contributed by atoms with van der Waals surface area (Å²) in [6.45, 7) is 0.791. The number of carbonyl (C=O) groups excluding carboxylic acids is 1. The van der Waals surface area contributed by atoms with Gasteiger partial charge in [-0.05, 0) is 56.0 Å². The first-order valence-corrected chi connectivity index (χ1v) is 13.3. The molecule has 33 heavy (non-hydrogen) atoms. The Balaban J connectivity index is 1.18. The van der Waals surface area contributed by atoms with Crippen molar-refractivity contribution in [3.05, 3.63) is 53.0 Å². The van der Waals surface area contributed by atoms with Crippen molar-refractivity contribution in [2.75, 3.05) is 29.5 Å². The number of carbonyl (C=O) groups is 1. The van der Waals surface area contributed by atoms with Crippen molar-refractivity contribution < 1.29 is 17.6 Å². The second-order valence-corrected chi connectivity index (χ2v) is 11.5. The molecule has 1 aromatic carbocycles. The van der Waals surface area contributed by atoms with Crippen molar-refractivity contribution in [3.8, 4) is 0 Å². The Morgan fingerprint density at radius 1 is 1.09 bits per heavy atom. The van der Waals surface area contributed by atoms with Gasteiger partial charge in [0, 0.05) is 41.8 Å². The predicted octanol–water partition coefficient (Wildman–Crippen LogP) is 3.57. The van der Waals surface area contributed by atoms with Crippen LogP contribution in [0.4, 0.5) is 5.82 Å². The number of benzene rings is 1. The molecule has 8 nitrogen and oxygen atoms in total. The molecule has 2 fully saturated rings. The van der Waals surface area contributed by atoms with E-state index in [1.807, 2.05) is 17.0 Å². The zero-order valence-electron chi connectivity index (χ0n) is 18.0. The topological polar surface area (TPSA) is 105 Å². The molecule has 0 spiro atoms. The summed E-state index contributed by atoms with van der Waals surface area (Å²) in [7, 11) is -2.97. The lowest BCUT2D eigenvalue weighted by Gasteiger charge is -2.28. The summed E-state index contributed by atoms with van der Waals surface area (Å²) in [5.41, 5.74) is 2.05. The van der Waals surface area contributed by atoms with E-state index in [2.05, 4.69) is 15.3 Å². The molecular formula is C23H25ClN4O4S. The first kappa shape index (κ1) is 22.2. The highest BCUT2D eigenvalue weighted by molar-refractivity contribution is 7.91. The number of rotatable bonds is 4. The molecule has 1 saturated carbocycles. The van der Waals surface area contributed by atoms with Crippen molar-refractivity contribution in [1.82, 2.24) is 15.3 Å². The Morgan fingerprint density at radius 3 is 2.61 bits per heavy atom. The molecule has 1 aliphatic heterocycles. The molecule has 1 amide bonds.